The fourth-order valence-corrected chi connectivity index (χ4v) is 2.31. The predicted octanol–water partition coefficient (Wildman–Crippen LogP) is 2.21. The molecule has 2 N–H and O–H groups in total. The van der Waals surface area contributed by atoms with Crippen LogP contribution in [0.3, 0.4) is 0 Å². The van der Waals surface area contributed by atoms with Crippen LogP contribution < -0.4 is 10.1 Å². The van der Waals surface area contributed by atoms with Gasteiger partial charge in [0, 0.05) is 37.8 Å². The first-order valence-electron chi connectivity index (χ1n) is 6.04. The van der Waals surface area contributed by atoms with Crippen molar-refractivity contribution in [2.45, 2.75) is 13.0 Å². The molecule has 1 heterocycles. The fraction of sp³-hybridized carbons (Fsp3) is 0.538. The largest absolute Gasteiger partial charge is 0.504 e. The molecule has 0 bridgehead atoms. The molecule has 0 amide bonds. The van der Waals surface area contributed by atoms with E-state index in [1.165, 1.54) is 0 Å². The van der Waals surface area contributed by atoms with Crippen LogP contribution in [-0.4, -0.2) is 43.3 Å². The number of ether oxygens (including phenoxy) is 1. The lowest BCUT2D eigenvalue weighted by molar-refractivity contribution is 0.182. The number of methoxy groups -OCH3 is 1. The number of nitrogens with one attached hydrogen (secondary N) is 1. The molecule has 0 aliphatic carbocycles. The summed E-state index contributed by atoms with van der Waals surface area (Å²) >= 11 is 0. The summed E-state index contributed by atoms with van der Waals surface area (Å²) in [5, 5.41) is 13.5. The standard InChI is InChI=1S/C13H20N2O2.2ClH/c1-10(15-8-6-14-7-9-15)11-4-3-5-12(17-2)13(11)16;;/h3-5,10,14,16H,6-9H2,1-2H3;2*1H/t10-;;/m1../s1. The number of benzene rings is 1. The highest BCUT2D eigenvalue weighted by atomic mass is 35.5. The molecule has 6 heteroatoms. The number of phenolic OH excluding ortho intramolecular Hbond substituents is 1. The van der Waals surface area contributed by atoms with Gasteiger partial charge in [-0.05, 0) is 13.0 Å². The number of nitrogens with zero attached hydrogens (tertiary/aromatic N) is 1. The number of phenols is 1. The quantitative estimate of drug-likeness (QED) is 0.898. The zero-order valence-electron chi connectivity index (χ0n) is 11.3. The first-order chi connectivity index (χ1) is 8.24. The summed E-state index contributed by atoms with van der Waals surface area (Å²) in [7, 11) is 1.58. The normalized spacial score (nSPS) is 16.9. The Morgan fingerprint density at radius 1 is 1.26 bits per heavy atom. The number of para-hydroxylation sites is 1. The SMILES string of the molecule is COc1cccc([C@@H](C)N2CCNCC2)c1O.Cl.Cl. The maximum Gasteiger partial charge on any atom is 0.162 e. The van der Waals surface area contributed by atoms with Crippen LogP contribution in [0.15, 0.2) is 18.2 Å². The van der Waals surface area contributed by atoms with Crippen LogP contribution >= 0.6 is 24.8 Å². The van der Waals surface area contributed by atoms with Crippen LogP contribution in [0.2, 0.25) is 0 Å². The lowest BCUT2D eigenvalue weighted by atomic mass is 10.0. The van der Waals surface area contributed by atoms with Gasteiger partial charge in [-0.2, -0.15) is 0 Å². The molecule has 19 heavy (non-hydrogen) atoms. The lowest BCUT2D eigenvalue weighted by Gasteiger charge is -2.33. The summed E-state index contributed by atoms with van der Waals surface area (Å²) < 4.78 is 5.14. The minimum Gasteiger partial charge on any atom is -0.504 e. The number of piperazine rings is 1. The van der Waals surface area contributed by atoms with Crippen LogP contribution in [0, 0.1) is 0 Å². The summed E-state index contributed by atoms with van der Waals surface area (Å²) in [4.78, 5) is 2.37. The molecule has 0 saturated carbocycles. The van der Waals surface area contributed by atoms with E-state index in [4.69, 9.17) is 4.74 Å². The van der Waals surface area contributed by atoms with Crippen molar-refractivity contribution in [3.8, 4) is 11.5 Å². The average Bonchev–Trinajstić information content (AvgIpc) is 2.39. The molecule has 1 atom stereocenters. The molecule has 1 saturated heterocycles. The van der Waals surface area contributed by atoms with Gasteiger partial charge >= 0.3 is 0 Å². The van der Waals surface area contributed by atoms with Crippen molar-refractivity contribution in [3.63, 3.8) is 0 Å². The Bertz CT molecular complexity index is 385. The van der Waals surface area contributed by atoms with Gasteiger partial charge in [0.25, 0.3) is 0 Å². The van der Waals surface area contributed by atoms with Gasteiger partial charge < -0.3 is 15.2 Å². The van der Waals surface area contributed by atoms with Crippen LogP contribution in [-0.2, 0) is 0 Å². The molecule has 0 radical (unpaired) electrons. The zero-order valence-corrected chi connectivity index (χ0v) is 12.9. The molecule has 2 rings (SSSR count). The van der Waals surface area contributed by atoms with Crippen LogP contribution in [0.5, 0.6) is 11.5 Å². The Morgan fingerprint density at radius 3 is 2.47 bits per heavy atom. The Kier molecular flexibility index (Phi) is 8.18. The van der Waals surface area contributed by atoms with E-state index in [2.05, 4.69) is 17.1 Å². The molecule has 4 nitrogen and oxygen atoms in total. The minimum absolute atomic E-state index is 0. The monoisotopic (exact) mass is 308 g/mol. The number of hydrogen-bond donors (Lipinski definition) is 2. The van der Waals surface area contributed by atoms with E-state index < -0.39 is 0 Å². The molecule has 0 spiro atoms. The second-order valence-electron chi connectivity index (χ2n) is 4.36. The summed E-state index contributed by atoms with van der Waals surface area (Å²) in [5.74, 6) is 0.811. The topological polar surface area (TPSA) is 44.7 Å². The third-order valence-corrected chi connectivity index (χ3v) is 3.40. The highest BCUT2D eigenvalue weighted by Gasteiger charge is 2.21. The van der Waals surface area contributed by atoms with Crippen molar-refractivity contribution >= 4 is 24.8 Å². The van der Waals surface area contributed by atoms with Gasteiger partial charge in [-0.15, -0.1) is 24.8 Å². The summed E-state index contributed by atoms with van der Waals surface area (Å²) in [6, 6.07) is 5.88. The maximum atomic E-state index is 10.1. The van der Waals surface area contributed by atoms with Gasteiger partial charge in [-0.1, -0.05) is 12.1 Å². The van der Waals surface area contributed by atoms with Gasteiger partial charge in [0.1, 0.15) is 0 Å². The van der Waals surface area contributed by atoms with Gasteiger partial charge in [0.05, 0.1) is 7.11 Å². The highest BCUT2D eigenvalue weighted by molar-refractivity contribution is 5.85. The summed E-state index contributed by atoms with van der Waals surface area (Å²) in [5.41, 5.74) is 0.936. The van der Waals surface area contributed by atoms with E-state index in [1.54, 1.807) is 13.2 Å². The first-order valence-corrected chi connectivity index (χ1v) is 6.04. The molecular weight excluding hydrogens is 287 g/mol. The summed E-state index contributed by atoms with van der Waals surface area (Å²) in [6.07, 6.45) is 0. The van der Waals surface area contributed by atoms with E-state index in [1.807, 2.05) is 12.1 Å². The number of aromatic hydroxyl groups is 1. The molecular formula is C13H22Cl2N2O2. The van der Waals surface area contributed by atoms with Crippen LogP contribution in [0.1, 0.15) is 18.5 Å². The Morgan fingerprint density at radius 2 is 1.89 bits per heavy atom. The second kappa shape index (κ2) is 8.48. The molecule has 110 valence electrons. The third-order valence-electron chi connectivity index (χ3n) is 3.40. The smallest absolute Gasteiger partial charge is 0.162 e. The molecule has 0 aromatic heterocycles. The first kappa shape index (κ1) is 18.3. The van der Waals surface area contributed by atoms with Crippen LogP contribution in [0.25, 0.3) is 0 Å². The molecule has 1 aliphatic heterocycles. The van der Waals surface area contributed by atoms with Crippen molar-refractivity contribution < 1.29 is 9.84 Å². The van der Waals surface area contributed by atoms with Crippen molar-refractivity contribution in [1.82, 2.24) is 10.2 Å². The molecule has 1 aliphatic rings. The van der Waals surface area contributed by atoms with Crippen molar-refractivity contribution in [2.24, 2.45) is 0 Å². The molecule has 1 aromatic carbocycles. The number of halogens is 2. The van der Waals surface area contributed by atoms with Gasteiger partial charge in [0.15, 0.2) is 11.5 Å². The number of rotatable bonds is 3. The second-order valence-corrected chi connectivity index (χ2v) is 4.36. The van der Waals surface area contributed by atoms with E-state index in [-0.39, 0.29) is 36.6 Å². The number of hydrogen-bond acceptors (Lipinski definition) is 4. The van der Waals surface area contributed by atoms with E-state index >= 15 is 0 Å². The van der Waals surface area contributed by atoms with E-state index in [0.29, 0.717) is 5.75 Å². The van der Waals surface area contributed by atoms with Gasteiger partial charge in [-0.25, -0.2) is 0 Å². The molecule has 0 unspecified atom stereocenters. The Balaban J connectivity index is 0.00000162. The minimum atomic E-state index is 0. The predicted molar refractivity (Wildman–Crippen MR) is 82.0 cm³/mol. The van der Waals surface area contributed by atoms with Crippen molar-refractivity contribution in [2.75, 3.05) is 33.3 Å². The Hall–Kier alpha value is -0.680. The van der Waals surface area contributed by atoms with E-state index in [0.717, 1.165) is 31.7 Å². The molecule has 1 aromatic rings. The highest BCUT2D eigenvalue weighted by Crippen LogP contribution is 2.35. The van der Waals surface area contributed by atoms with Crippen LogP contribution in [0.4, 0.5) is 0 Å². The molecule has 1 fully saturated rings. The summed E-state index contributed by atoms with van der Waals surface area (Å²) in [6.45, 7) is 6.17. The average molecular weight is 309 g/mol. The lowest BCUT2D eigenvalue weighted by Crippen LogP contribution is -2.44. The Labute approximate surface area is 127 Å². The maximum absolute atomic E-state index is 10.1. The van der Waals surface area contributed by atoms with E-state index in [9.17, 15) is 5.11 Å². The fourth-order valence-electron chi connectivity index (χ4n) is 2.31. The zero-order chi connectivity index (χ0) is 12.3. The van der Waals surface area contributed by atoms with Gasteiger partial charge in [0.2, 0.25) is 0 Å². The van der Waals surface area contributed by atoms with Gasteiger partial charge in [-0.3, -0.25) is 4.90 Å². The van der Waals surface area contributed by atoms with Crippen molar-refractivity contribution in [1.29, 1.82) is 0 Å². The van der Waals surface area contributed by atoms with Crippen molar-refractivity contribution in [3.05, 3.63) is 23.8 Å². The third kappa shape index (κ3) is 4.14.